The monoisotopic (exact) mass is 883 g/mol. The molecule has 3 nitrogen and oxygen atoms in total. The Labute approximate surface area is 323 Å². The van der Waals surface area contributed by atoms with Crippen LogP contribution in [0.1, 0.15) is 51.7 Å². The number of benzene rings is 4. The van der Waals surface area contributed by atoms with Crippen molar-refractivity contribution in [1.29, 1.82) is 0 Å². The fraction of sp³-hybridized carbons (Fsp3) is 0.261. The predicted molar refractivity (Wildman–Crippen MR) is 214 cm³/mol. The van der Waals surface area contributed by atoms with Crippen molar-refractivity contribution in [3.05, 3.63) is 139 Å². The molecule has 6 heteroatoms. The molecule has 1 unspecified atom stereocenters. The van der Waals surface area contributed by atoms with Crippen LogP contribution < -0.4 is 5.19 Å². The maximum absolute atomic E-state index is 13.7. The van der Waals surface area contributed by atoms with Gasteiger partial charge in [-0.05, 0) is 76.1 Å². The van der Waals surface area contributed by atoms with Gasteiger partial charge in [-0.2, -0.15) is 0 Å². The summed E-state index contributed by atoms with van der Waals surface area (Å²) in [6, 6.07) is 37.7. The summed E-state index contributed by atoms with van der Waals surface area (Å²) in [5.41, 5.74) is 9.87. The first-order chi connectivity index (χ1) is 24.4. The minimum atomic E-state index is -1.34. The van der Waals surface area contributed by atoms with Crippen LogP contribution in [0.25, 0.3) is 55.6 Å². The number of hydrogen-bond acceptors (Lipinski definition) is 3. The molecule has 0 spiro atoms. The minimum Gasteiger partial charge on any atom is -0.501 e. The van der Waals surface area contributed by atoms with Gasteiger partial charge in [0.25, 0.3) is 0 Å². The van der Waals surface area contributed by atoms with Crippen LogP contribution in [0.3, 0.4) is 0 Å². The van der Waals surface area contributed by atoms with Crippen LogP contribution >= 0.6 is 0 Å². The largest absolute Gasteiger partial charge is 0.501 e. The third-order valence-electron chi connectivity index (χ3n) is 9.57. The standard InChI is InChI=1S/C28H23FNO.C18H24NSi.Ir/c1-17(2)18(3)19-12-13-30-26(15-19)25-9-5-8-24-23-11-10-21(16-27(23)31-28(24)25)20-6-4-7-22(29)14-20;1-14(2)11-16-12-17(15-9-7-6-8-10-15)19-13-18(16)20(3,4)5;/h4-8,10-18H,1-3H3;6-9,12-14H,11H2,1-5H3;/q2*-1;. The van der Waals surface area contributed by atoms with Gasteiger partial charge in [0.1, 0.15) is 11.4 Å². The molecule has 1 radical (unpaired) electrons. The molecule has 7 aromatic rings. The third kappa shape index (κ3) is 8.86. The molecule has 3 aromatic heterocycles. The van der Waals surface area contributed by atoms with Crippen LogP contribution in [-0.4, -0.2) is 18.0 Å². The Kier molecular flexibility index (Phi) is 12.5. The van der Waals surface area contributed by atoms with Crippen molar-refractivity contribution in [2.75, 3.05) is 0 Å². The van der Waals surface area contributed by atoms with E-state index in [0.29, 0.717) is 17.8 Å². The average molecular weight is 883 g/mol. The molecule has 0 fully saturated rings. The minimum absolute atomic E-state index is 0. The number of nitrogens with zero attached hydrogens (tertiary/aromatic N) is 2. The zero-order valence-electron chi connectivity index (χ0n) is 31.3. The van der Waals surface area contributed by atoms with Crippen molar-refractivity contribution in [2.45, 2.75) is 66.6 Å². The smallest absolute Gasteiger partial charge is 0.123 e. The molecule has 7 rings (SSSR count). The first kappa shape index (κ1) is 39.0. The van der Waals surface area contributed by atoms with Crippen molar-refractivity contribution < 1.29 is 28.9 Å². The summed E-state index contributed by atoms with van der Waals surface area (Å²) in [7, 11) is -1.34. The van der Waals surface area contributed by atoms with Gasteiger partial charge in [0.15, 0.2) is 0 Å². The molecule has 0 aliphatic carbocycles. The molecule has 0 saturated heterocycles. The van der Waals surface area contributed by atoms with E-state index in [1.165, 1.54) is 28.4 Å². The van der Waals surface area contributed by atoms with Crippen LogP contribution in [0.4, 0.5) is 4.39 Å². The van der Waals surface area contributed by atoms with Gasteiger partial charge in [-0.1, -0.05) is 113 Å². The van der Waals surface area contributed by atoms with E-state index in [4.69, 9.17) is 4.42 Å². The molecular formula is C46H47FIrN2OSi-2. The molecule has 3 heterocycles. The molecule has 269 valence electrons. The number of halogens is 1. The summed E-state index contributed by atoms with van der Waals surface area (Å²) >= 11 is 0. The molecule has 0 N–H and O–H groups in total. The summed E-state index contributed by atoms with van der Waals surface area (Å²) < 4.78 is 20.0. The summed E-state index contributed by atoms with van der Waals surface area (Å²) in [5.74, 6) is 1.40. The fourth-order valence-corrected chi connectivity index (χ4v) is 8.10. The van der Waals surface area contributed by atoms with E-state index in [-0.39, 0.29) is 25.9 Å². The topological polar surface area (TPSA) is 38.9 Å². The van der Waals surface area contributed by atoms with Crippen LogP contribution in [-0.2, 0) is 26.5 Å². The summed E-state index contributed by atoms with van der Waals surface area (Å²) in [6.45, 7) is 18.4. The molecular weight excluding hydrogens is 836 g/mol. The first-order valence-corrected chi connectivity index (χ1v) is 21.4. The number of hydrogen-bond donors (Lipinski definition) is 0. The van der Waals surface area contributed by atoms with E-state index in [9.17, 15) is 4.39 Å². The number of rotatable bonds is 8. The predicted octanol–water partition coefficient (Wildman–Crippen LogP) is 12.3. The molecule has 0 bridgehead atoms. The summed E-state index contributed by atoms with van der Waals surface area (Å²) in [5, 5.41) is 3.54. The molecule has 0 aliphatic heterocycles. The molecule has 4 aromatic carbocycles. The zero-order valence-corrected chi connectivity index (χ0v) is 34.7. The van der Waals surface area contributed by atoms with Crippen LogP contribution in [0, 0.1) is 29.8 Å². The quantitative estimate of drug-likeness (QED) is 0.113. The molecule has 52 heavy (non-hydrogen) atoms. The Morgan fingerprint density at radius 1 is 0.750 bits per heavy atom. The second-order valence-electron chi connectivity index (χ2n) is 15.3. The Morgan fingerprint density at radius 3 is 2.23 bits per heavy atom. The number of pyridine rings is 2. The van der Waals surface area contributed by atoms with E-state index in [0.717, 1.165) is 62.0 Å². The molecule has 0 aliphatic rings. The van der Waals surface area contributed by atoms with E-state index >= 15 is 0 Å². The zero-order chi connectivity index (χ0) is 36.3. The van der Waals surface area contributed by atoms with Crippen molar-refractivity contribution in [2.24, 2.45) is 11.8 Å². The van der Waals surface area contributed by atoms with Gasteiger partial charge in [-0.25, -0.2) is 4.39 Å². The van der Waals surface area contributed by atoms with E-state index < -0.39 is 8.07 Å². The van der Waals surface area contributed by atoms with Crippen molar-refractivity contribution in [1.82, 2.24) is 9.97 Å². The van der Waals surface area contributed by atoms with Gasteiger partial charge in [0.2, 0.25) is 0 Å². The Hall–Kier alpha value is -4.22. The van der Waals surface area contributed by atoms with Crippen molar-refractivity contribution in [3.63, 3.8) is 0 Å². The van der Waals surface area contributed by atoms with Gasteiger partial charge in [-0.3, -0.25) is 0 Å². The summed E-state index contributed by atoms with van der Waals surface area (Å²) in [6.07, 6.45) is 5.10. The second-order valence-corrected chi connectivity index (χ2v) is 20.3. The van der Waals surface area contributed by atoms with Gasteiger partial charge >= 0.3 is 0 Å². The summed E-state index contributed by atoms with van der Waals surface area (Å²) in [4.78, 5) is 9.30. The van der Waals surface area contributed by atoms with Crippen LogP contribution in [0.15, 0.2) is 114 Å². The van der Waals surface area contributed by atoms with Crippen LogP contribution in [0.2, 0.25) is 19.6 Å². The van der Waals surface area contributed by atoms with Gasteiger partial charge in [0, 0.05) is 37.9 Å². The Balaban J connectivity index is 0.000000217. The first-order valence-electron chi connectivity index (χ1n) is 17.9. The molecule has 0 amide bonds. The van der Waals surface area contributed by atoms with E-state index in [2.05, 4.69) is 107 Å². The van der Waals surface area contributed by atoms with Gasteiger partial charge < -0.3 is 14.4 Å². The normalized spacial score (nSPS) is 12.1. The van der Waals surface area contributed by atoms with Crippen LogP contribution in [0.5, 0.6) is 0 Å². The van der Waals surface area contributed by atoms with Crippen molar-refractivity contribution in [3.8, 4) is 33.6 Å². The van der Waals surface area contributed by atoms with Crippen molar-refractivity contribution >= 4 is 35.2 Å². The Morgan fingerprint density at radius 2 is 1.54 bits per heavy atom. The third-order valence-corrected chi connectivity index (χ3v) is 11.6. The SMILES string of the molecule is CC(C)C(C)c1ccnc(-c2[c-]ccc3c2oc2cc(-c4cccc(F)c4)ccc23)c1.CC(C)Cc1cc(-c2[c-]cccc2)ncc1[Si](C)(C)C.[Ir]. The second kappa shape index (κ2) is 16.6. The van der Waals surface area contributed by atoms with E-state index in [1.807, 2.05) is 60.8 Å². The molecule has 1 atom stereocenters. The number of furan rings is 1. The maximum Gasteiger partial charge on any atom is 0.123 e. The van der Waals surface area contributed by atoms with Gasteiger partial charge in [0.05, 0.1) is 13.7 Å². The van der Waals surface area contributed by atoms with E-state index in [1.54, 1.807) is 6.07 Å². The number of aromatic nitrogens is 2. The average Bonchev–Trinajstić information content (AvgIpc) is 3.49. The fourth-order valence-electron chi connectivity index (χ4n) is 6.51. The Bertz CT molecular complexity index is 2270. The number of fused-ring (bicyclic) bond motifs is 3. The molecule has 0 saturated carbocycles. The van der Waals surface area contributed by atoms with Gasteiger partial charge in [-0.15, -0.1) is 54.1 Å². The maximum atomic E-state index is 13.7.